The maximum atomic E-state index is 12.4. The van der Waals surface area contributed by atoms with E-state index in [4.69, 9.17) is 4.74 Å². The Morgan fingerprint density at radius 2 is 1.77 bits per heavy atom. The lowest BCUT2D eigenvalue weighted by Gasteiger charge is -2.29. The van der Waals surface area contributed by atoms with E-state index >= 15 is 0 Å². The summed E-state index contributed by atoms with van der Waals surface area (Å²) in [6, 6.07) is 18.4. The van der Waals surface area contributed by atoms with E-state index in [1.165, 1.54) is 18.4 Å². The van der Waals surface area contributed by atoms with E-state index in [1.807, 2.05) is 36.4 Å². The zero-order chi connectivity index (χ0) is 18.2. The number of nitrogens with one attached hydrogen (secondary N) is 1. The van der Waals surface area contributed by atoms with Crippen LogP contribution in [-0.2, 0) is 11.2 Å². The minimum Gasteiger partial charge on any atom is -0.496 e. The standard InChI is InChI=1S/C22H28N2O2/c1-26-21-12-6-5-11-19(21)20(24-15-7-8-16-24)17-23-22(25)14-13-18-9-3-2-4-10-18/h2-6,9-12,20H,7-8,13-17H2,1H3,(H,23,25). The fraction of sp³-hybridized carbons (Fsp3) is 0.409. The van der Waals surface area contributed by atoms with Gasteiger partial charge in [0.1, 0.15) is 5.75 Å². The van der Waals surface area contributed by atoms with Crippen LogP contribution in [-0.4, -0.2) is 37.6 Å². The van der Waals surface area contributed by atoms with Crippen molar-refractivity contribution in [2.75, 3.05) is 26.7 Å². The summed E-state index contributed by atoms with van der Waals surface area (Å²) in [5.41, 5.74) is 2.35. The van der Waals surface area contributed by atoms with Crippen molar-refractivity contribution in [2.45, 2.75) is 31.7 Å². The summed E-state index contributed by atoms with van der Waals surface area (Å²) in [6.07, 6.45) is 3.72. The summed E-state index contributed by atoms with van der Waals surface area (Å²) in [5, 5.41) is 3.14. The number of ether oxygens (including phenoxy) is 1. The van der Waals surface area contributed by atoms with E-state index in [9.17, 15) is 4.79 Å². The number of carbonyl (C=O) groups excluding carboxylic acids is 1. The molecule has 138 valence electrons. The molecule has 1 heterocycles. The molecule has 4 nitrogen and oxygen atoms in total. The molecule has 26 heavy (non-hydrogen) atoms. The van der Waals surface area contributed by atoms with Gasteiger partial charge in [-0.15, -0.1) is 0 Å². The second-order valence-electron chi connectivity index (χ2n) is 6.79. The van der Waals surface area contributed by atoms with Gasteiger partial charge in [0.2, 0.25) is 5.91 Å². The number of hydrogen-bond acceptors (Lipinski definition) is 3. The lowest BCUT2D eigenvalue weighted by Crippen LogP contribution is -2.37. The van der Waals surface area contributed by atoms with Crippen molar-refractivity contribution in [3.63, 3.8) is 0 Å². The van der Waals surface area contributed by atoms with Crippen LogP contribution in [0.5, 0.6) is 5.75 Å². The Hall–Kier alpha value is -2.33. The van der Waals surface area contributed by atoms with Crippen molar-refractivity contribution < 1.29 is 9.53 Å². The molecule has 1 N–H and O–H groups in total. The summed E-state index contributed by atoms with van der Waals surface area (Å²) in [4.78, 5) is 14.8. The number of aryl methyl sites for hydroxylation is 1. The van der Waals surface area contributed by atoms with E-state index in [-0.39, 0.29) is 11.9 Å². The number of rotatable bonds is 8. The molecule has 1 atom stereocenters. The Kier molecular flexibility index (Phi) is 6.67. The molecule has 1 saturated heterocycles. The van der Waals surface area contributed by atoms with Crippen LogP contribution in [0.1, 0.15) is 36.4 Å². The van der Waals surface area contributed by atoms with Gasteiger partial charge in [0.25, 0.3) is 0 Å². The third-order valence-corrected chi connectivity index (χ3v) is 5.06. The number of benzene rings is 2. The molecule has 0 aliphatic carbocycles. The van der Waals surface area contributed by atoms with Gasteiger partial charge >= 0.3 is 0 Å². The number of methoxy groups -OCH3 is 1. The Morgan fingerprint density at radius 3 is 2.50 bits per heavy atom. The fourth-order valence-corrected chi connectivity index (χ4v) is 3.63. The minimum absolute atomic E-state index is 0.105. The normalized spacial score (nSPS) is 15.6. The highest BCUT2D eigenvalue weighted by atomic mass is 16.5. The lowest BCUT2D eigenvalue weighted by molar-refractivity contribution is -0.121. The van der Waals surface area contributed by atoms with E-state index < -0.39 is 0 Å². The molecule has 1 unspecified atom stereocenters. The van der Waals surface area contributed by atoms with Gasteiger partial charge in [-0.25, -0.2) is 0 Å². The topological polar surface area (TPSA) is 41.6 Å². The van der Waals surface area contributed by atoms with Crippen LogP contribution in [0.3, 0.4) is 0 Å². The summed E-state index contributed by atoms with van der Waals surface area (Å²) < 4.78 is 5.56. The highest BCUT2D eigenvalue weighted by molar-refractivity contribution is 5.76. The van der Waals surface area contributed by atoms with Gasteiger partial charge in [-0.3, -0.25) is 9.69 Å². The van der Waals surface area contributed by atoms with Crippen molar-refractivity contribution in [3.8, 4) is 5.75 Å². The molecule has 1 aliphatic heterocycles. The first-order valence-electron chi connectivity index (χ1n) is 9.45. The van der Waals surface area contributed by atoms with Gasteiger partial charge in [0.15, 0.2) is 0 Å². The lowest BCUT2D eigenvalue weighted by atomic mass is 10.0. The third kappa shape index (κ3) is 4.85. The molecule has 0 aromatic heterocycles. The van der Waals surface area contributed by atoms with Gasteiger partial charge in [-0.1, -0.05) is 48.5 Å². The van der Waals surface area contributed by atoms with Crippen LogP contribution in [0.25, 0.3) is 0 Å². The average molecular weight is 352 g/mol. The van der Waals surface area contributed by atoms with Crippen LogP contribution in [0.15, 0.2) is 54.6 Å². The zero-order valence-electron chi connectivity index (χ0n) is 15.5. The molecule has 3 rings (SSSR count). The average Bonchev–Trinajstić information content (AvgIpc) is 3.22. The number of para-hydroxylation sites is 1. The largest absolute Gasteiger partial charge is 0.496 e. The Labute approximate surface area is 156 Å². The van der Waals surface area contributed by atoms with Gasteiger partial charge in [0, 0.05) is 18.5 Å². The quantitative estimate of drug-likeness (QED) is 0.789. The van der Waals surface area contributed by atoms with Crippen molar-refractivity contribution >= 4 is 5.91 Å². The van der Waals surface area contributed by atoms with E-state index in [0.717, 1.165) is 30.8 Å². The maximum Gasteiger partial charge on any atom is 0.220 e. The van der Waals surface area contributed by atoms with Gasteiger partial charge < -0.3 is 10.1 Å². The highest BCUT2D eigenvalue weighted by Gasteiger charge is 2.26. The van der Waals surface area contributed by atoms with Gasteiger partial charge in [-0.05, 0) is 44.0 Å². The first-order valence-corrected chi connectivity index (χ1v) is 9.45. The number of amides is 1. The van der Waals surface area contributed by atoms with Crippen molar-refractivity contribution in [2.24, 2.45) is 0 Å². The number of nitrogens with zero attached hydrogens (tertiary/aromatic N) is 1. The number of carbonyl (C=O) groups is 1. The van der Waals surface area contributed by atoms with Crippen LogP contribution in [0.4, 0.5) is 0 Å². The summed E-state index contributed by atoms with van der Waals surface area (Å²) in [7, 11) is 1.71. The van der Waals surface area contributed by atoms with Crippen LogP contribution >= 0.6 is 0 Å². The number of likely N-dealkylation sites (tertiary alicyclic amines) is 1. The minimum atomic E-state index is 0.105. The Balaban J connectivity index is 1.61. The van der Waals surface area contributed by atoms with Crippen LogP contribution < -0.4 is 10.1 Å². The first-order chi connectivity index (χ1) is 12.8. The highest BCUT2D eigenvalue weighted by Crippen LogP contribution is 2.31. The predicted molar refractivity (Wildman–Crippen MR) is 104 cm³/mol. The molecule has 4 heteroatoms. The Morgan fingerprint density at radius 1 is 1.08 bits per heavy atom. The first kappa shape index (κ1) is 18.5. The van der Waals surface area contributed by atoms with Crippen molar-refractivity contribution in [3.05, 3.63) is 65.7 Å². The molecule has 2 aromatic rings. The maximum absolute atomic E-state index is 12.4. The van der Waals surface area contributed by atoms with Crippen molar-refractivity contribution in [1.29, 1.82) is 0 Å². The van der Waals surface area contributed by atoms with E-state index in [1.54, 1.807) is 7.11 Å². The molecule has 1 fully saturated rings. The van der Waals surface area contributed by atoms with Crippen molar-refractivity contribution in [1.82, 2.24) is 10.2 Å². The fourth-order valence-electron chi connectivity index (χ4n) is 3.63. The smallest absolute Gasteiger partial charge is 0.220 e. The second kappa shape index (κ2) is 9.39. The van der Waals surface area contributed by atoms with Gasteiger partial charge in [-0.2, -0.15) is 0 Å². The second-order valence-corrected chi connectivity index (χ2v) is 6.79. The monoisotopic (exact) mass is 352 g/mol. The van der Waals surface area contributed by atoms with Gasteiger partial charge in [0.05, 0.1) is 13.2 Å². The molecule has 0 spiro atoms. The molecule has 1 aliphatic rings. The molecule has 0 radical (unpaired) electrons. The molecule has 0 bridgehead atoms. The van der Waals surface area contributed by atoms with E-state index in [2.05, 4.69) is 28.4 Å². The number of hydrogen-bond donors (Lipinski definition) is 1. The summed E-state index contributed by atoms with van der Waals surface area (Å²) >= 11 is 0. The summed E-state index contributed by atoms with van der Waals surface area (Å²) in [5.74, 6) is 0.996. The molecule has 1 amide bonds. The third-order valence-electron chi connectivity index (χ3n) is 5.06. The molecule has 0 saturated carbocycles. The SMILES string of the molecule is COc1ccccc1C(CNC(=O)CCc1ccccc1)N1CCCC1. The molecule has 2 aromatic carbocycles. The summed E-state index contributed by atoms with van der Waals surface area (Å²) in [6.45, 7) is 2.76. The predicted octanol–water partition coefficient (Wildman–Crippen LogP) is 3.58. The van der Waals surface area contributed by atoms with Crippen LogP contribution in [0, 0.1) is 0 Å². The van der Waals surface area contributed by atoms with Crippen LogP contribution in [0.2, 0.25) is 0 Å². The Bertz CT molecular complexity index is 696. The molecular formula is C22H28N2O2. The molecular weight excluding hydrogens is 324 g/mol. The zero-order valence-corrected chi connectivity index (χ0v) is 15.5. The van der Waals surface area contributed by atoms with E-state index in [0.29, 0.717) is 13.0 Å².